The lowest BCUT2D eigenvalue weighted by Crippen LogP contribution is -2.55. The number of carbonyl (C=O) groups excluding carboxylic acids is 1. The van der Waals surface area contributed by atoms with E-state index in [0.717, 1.165) is 54.2 Å². The smallest absolute Gasteiger partial charge is 0.232 e. The molecule has 13 nitrogen and oxygen atoms in total. The number of thiazole rings is 1. The van der Waals surface area contributed by atoms with Gasteiger partial charge in [-0.15, -0.1) is 10.2 Å². The number of quaternary nitrogens is 1. The van der Waals surface area contributed by atoms with Crippen molar-refractivity contribution < 1.29 is 26.4 Å². The van der Waals surface area contributed by atoms with E-state index in [1.54, 1.807) is 30.3 Å². The summed E-state index contributed by atoms with van der Waals surface area (Å²) in [6.07, 6.45) is 1.76. The van der Waals surface area contributed by atoms with Gasteiger partial charge in [-0.2, -0.15) is 15.5 Å². The van der Waals surface area contributed by atoms with Gasteiger partial charge in [0.15, 0.2) is 5.78 Å². The lowest BCUT2D eigenvalue weighted by molar-refractivity contribution is -0.890. The second-order valence-corrected chi connectivity index (χ2v) is 13.3. The first kappa shape index (κ1) is 34.1. The maximum absolute atomic E-state index is 13.5. The molecule has 2 heterocycles. The Balaban J connectivity index is 0.000000731. The van der Waals surface area contributed by atoms with Crippen LogP contribution in [0.1, 0.15) is 20.8 Å². The Morgan fingerprint density at radius 3 is 2.20 bits per heavy atom. The Bertz CT molecular complexity index is 1890. The van der Waals surface area contributed by atoms with Crippen molar-refractivity contribution >= 4 is 61.5 Å². The summed E-state index contributed by atoms with van der Waals surface area (Å²) >= 11 is 1.33. The first-order valence-corrected chi connectivity index (χ1v) is 16.1. The van der Waals surface area contributed by atoms with E-state index in [9.17, 15) is 28.3 Å². The monoisotopic (exact) mass is 660 g/mol. The summed E-state index contributed by atoms with van der Waals surface area (Å²) in [5.74, 6) is 0.515. The first-order chi connectivity index (χ1) is 21.8. The zero-order valence-electron chi connectivity index (χ0n) is 26.0. The summed E-state index contributed by atoms with van der Waals surface area (Å²) in [6.45, 7) is 3.50. The molecule has 2 aromatic carbocycles. The fourth-order valence-electron chi connectivity index (χ4n) is 4.79. The summed E-state index contributed by atoms with van der Waals surface area (Å²) in [7, 11) is 4.77. The molecule has 1 saturated heterocycles. The van der Waals surface area contributed by atoms with Crippen molar-refractivity contribution in [2.24, 2.45) is 10.2 Å². The van der Waals surface area contributed by atoms with Crippen LogP contribution in [0.25, 0.3) is 11.6 Å². The molecule has 0 N–H and O–H groups in total. The zero-order chi connectivity index (χ0) is 33.6. The van der Waals surface area contributed by atoms with E-state index in [4.69, 9.17) is 4.98 Å². The van der Waals surface area contributed by atoms with E-state index < -0.39 is 10.4 Å². The molecule has 3 aromatic rings. The molecule has 1 aliphatic heterocycles. The second kappa shape index (κ2) is 14.1. The van der Waals surface area contributed by atoms with Crippen molar-refractivity contribution in [1.29, 1.82) is 10.5 Å². The summed E-state index contributed by atoms with van der Waals surface area (Å²) in [5.41, 5.74) is 3.45. The molecular weight excluding hydrogens is 629 g/mol. The molecule has 5 rings (SSSR count). The van der Waals surface area contributed by atoms with E-state index in [0.29, 0.717) is 33.1 Å². The average Bonchev–Trinajstić information content (AvgIpc) is 3.55. The largest absolute Gasteiger partial charge is 0.726 e. The van der Waals surface area contributed by atoms with Gasteiger partial charge < -0.3 is 18.8 Å². The number of rotatable bonds is 6. The highest BCUT2D eigenvalue weighted by atomic mass is 32.3. The van der Waals surface area contributed by atoms with Crippen molar-refractivity contribution in [1.82, 2.24) is 4.98 Å². The lowest BCUT2D eigenvalue weighted by Gasteiger charge is -2.39. The minimum Gasteiger partial charge on any atom is -0.726 e. The molecule has 0 bridgehead atoms. The summed E-state index contributed by atoms with van der Waals surface area (Å²) in [5, 5.41) is 28.7. The molecule has 46 heavy (non-hydrogen) atoms. The SMILES string of the molecule is CN(C)c1ccc(N=Nc2nc(N3CC[N+](C)(C)CC3)c(C=C3C(=O)c4ccccc4C3=C(C#N)C#N)s2)cc1.COS(=O)(=O)[O-]. The molecule has 0 unspecified atom stereocenters. The molecule has 0 radical (unpaired) electrons. The standard InChI is InChI=1S/C30H29N8OS.CH4O4S/c1-36(2)22-11-9-21(10-12-22)34-35-30-33-29(37-13-15-38(3,4)16-14-37)26(40-30)17-25-27(20(18-31)19-32)23-7-5-6-8-24(23)28(25)39;1-5-6(2,3)4/h5-12,17H,13-16H2,1-4H3;1H3,(H,2,3,4)/q+1;/p-1. The third-order valence-electron chi connectivity index (χ3n) is 7.40. The van der Waals surface area contributed by atoms with Gasteiger partial charge in [-0.25, -0.2) is 8.42 Å². The predicted molar refractivity (Wildman–Crippen MR) is 175 cm³/mol. The Morgan fingerprint density at radius 2 is 1.65 bits per heavy atom. The van der Waals surface area contributed by atoms with Gasteiger partial charge >= 0.3 is 0 Å². The van der Waals surface area contributed by atoms with E-state index in [-0.39, 0.29) is 11.4 Å². The number of azo groups is 1. The van der Waals surface area contributed by atoms with Crippen molar-refractivity contribution in [3.8, 4) is 12.1 Å². The van der Waals surface area contributed by atoms with Crippen molar-refractivity contribution in [2.45, 2.75) is 0 Å². The Kier molecular flexibility index (Phi) is 10.5. The van der Waals surface area contributed by atoms with Crippen LogP contribution in [0.4, 0.5) is 22.3 Å². The zero-order valence-corrected chi connectivity index (χ0v) is 27.6. The molecule has 15 heteroatoms. The van der Waals surface area contributed by atoms with Crippen molar-refractivity contribution in [2.75, 3.05) is 71.3 Å². The van der Waals surface area contributed by atoms with Crippen LogP contribution in [0.3, 0.4) is 0 Å². The molecule has 0 spiro atoms. The quantitative estimate of drug-likeness (QED) is 0.0900. The molecule has 0 atom stereocenters. The van der Waals surface area contributed by atoms with Gasteiger partial charge in [-0.1, -0.05) is 35.6 Å². The number of carbonyl (C=O) groups is 1. The molecule has 0 amide bonds. The van der Waals surface area contributed by atoms with E-state index in [2.05, 4.69) is 33.4 Å². The number of nitriles is 2. The van der Waals surface area contributed by atoms with Gasteiger partial charge in [0.1, 0.15) is 23.5 Å². The fourth-order valence-corrected chi connectivity index (χ4v) is 5.64. The number of hydrogen-bond acceptors (Lipinski definition) is 13. The minimum atomic E-state index is -4.41. The van der Waals surface area contributed by atoms with Crippen molar-refractivity contribution in [3.05, 3.63) is 75.7 Å². The highest BCUT2D eigenvalue weighted by Gasteiger charge is 2.34. The summed E-state index contributed by atoms with van der Waals surface area (Å²) in [4.78, 5) is 23.3. The number of aromatic nitrogens is 1. The molecule has 238 valence electrons. The van der Waals surface area contributed by atoms with Crippen LogP contribution in [0.5, 0.6) is 0 Å². The average molecular weight is 661 g/mol. The number of anilines is 2. The Morgan fingerprint density at radius 1 is 1.07 bits per heavy atom. The van der Waals surface area contributed by atoms with Gasteiger partial charge in [0.2, 0.25) is 15.5 Å². The third-order valence-corrected chi connectivity index (χ3v) is 8.68. The molecule has 1 aliphatic carbocycles. The highest BCUT2D eigenvalue weighted by Crippen LogP contribution is 2.42. The number of likely N-dealkylation sites (N-methyl/N-ethyl adjacent to an activating group) is 1. The Hall–Kier alpha value is -4.77. The van der Waals surface area contributed by atoms with Crippen LogP contribution < -0.4 is 9.80 Å². The van der Waals surface area contributed by atoms with Crippen LogP contribution >= 0.6 is 11.3 Å². The fraction of sp³-hybridized carbons (Fsp3) is 0.290. The van der Waals surface area contributed by atoms with Crippen LogP contribution in [-0.2, 0) is 14.6 Å². The number of nitrogens with zero attached hydrogens (tertiary/aromatic N) is 8. The van der Waals surface area contributed by atoms with Gasteiger partial charge in [0.25, 0.3) is 0 Å². The molecule has 1 fully saturated rings. The van der Waals surface area contributed by atoms with E-state index >= 15 is 0 Å². The molecule has 2 aliphatic rings. The predicted octanol–water partition coefficient (Wildman–Crippen LogP) is 4.69. The topological polar surface area (TPSA) is 175 Å². The molecule has 1 aromatic heterocycles. The Labute approximate surface area is 272 Å². The number of benzene rings is 2. The second-order valence-electron chi connectivity index (χ2n) is 11.1. The maximum Gasteiger partial charge on any atom is 0.232 e. The third kappa shape index (κ3) is 8.08. The maximum atomic E-state index is 13.5. The number of Topliss-reactive ketones (excluding diaryl/α,β-unsaturated/α-hetero) is 1. The highest BCUT2D eigenvalue weighted by molar-refractivity contribution is 7.80. The van der Waals surface area contributed by atoms with Crippen molar-refractivity contribution in [3.63, 3.8) is 0 Å². The normalized spacial score (nSPS) is 16.4. The van der Waals surface area contributed by atoms with E-state index in [1.807, 2.05) is 55.4 Å². The van der Waals surface area contributed by atoms with Gasteiger partial charge in [-0.05, 0) is 35.9 Å². The number of ketones is 1. The van der Waals surface area contributed by atoms with Crippen LogP contribution in [0, 0.1) is 22.7 Å². The number of fused-ring (bicyclic) bond motifs is 1. The van der Waals surface area contributed by atoms with Gasteiger partial charge in [0, 0.05) is 36.5 Å². The molecule has 0 saturated carbocycles. The number of piperazine rings is 1. The van der Waals surface area contributed by atoms with Gasteiger partial charge in [-0.3, -0.25) is 8.98 Å². The summed E-state index contributed by atoms with van der Waals surface area (Å²) < 4.78 is 31.9. The lowest BCUT2D eigenvalue weighted by atomic mass is 9.99. The van der Waals surface area contributed by atoms with Crippen LogP contribution in [-0.4, -0.2) is 89.7 Å². The minimum absolute atomic E-state index is 0.0891. The van der Waals surface area contributed by atoms with Gasteiger partial charge in [0.05, 0.1) is 57.9 Å². The number of hydrogen-bond donors (Lipinski definition) is 0. The number of allylic oxidation sites excluding steroid dienone is 3. The first-order valence-electron chi connectivity index (χ1n) is 14.0. The molecular formula is C31H32N8O5S2. The summed E-state index contributed by atoms with van der Waals surface area (Å²) in [6, 6.07) is 18.8. The van der Waals surface area contributed by atoms with Crippen LogP contribution in [0.15, 0.2) is 69.9 Å². The van der Waals surface area contributed by atoms with Crippen LogP contribution in [0.2, 0.25) is 0 Å². The van der Waals surface area contributed by atoms with E-state index in [1.165, 1.54) is 11.3 Å².